The Balaban J connectivity index is 2.59. The summed E-state index contributed by atoms with van der Waals surface area (Å²) in [4.78, 5) is 0. The van der Waals surface area contributed by atoms with Crippen LogP contribution in [0.25, 0.3) is 11.1 Å². The highest BCUT2D eigenvalue weighted by atomic mass is 79.9. The molecule has 4 heteroatoms. The van der Waals surface area contributed by atoms with Crippen LogP contribution < -0.4 is 0 Å². The van der Waals surface area contributed by atoms with Crippen molar-refractivity contribution in [2.75, 3.05) is 0 Å². The summed E-state index contributed by atoms with van der Waals surface area (Å²) in [7, 11) is 0. The van der Waals surface area contributed by atoms with E-state index in [2.05, 4.69) is 15.9 Å². The van der Waals surface area contributed by atoms with Gasteiger partial charge in [0.2, 0.25) is 0 Å². The van der Waals surface area contributed by atoms with Crippen molar-refractivity contribution in [1.29, 1.82) is 0 Å². The Morgan fingerprint density at radius 3 is 2.41 bits per heavy atom. The normalized spacial score (nSPS) is 10.6. The first-order valence-electron chi connectivity index (χ1n) is 4.91. The minimum atomic E-state index is -0.293. The average Bonchev–Trinajstić information content (AvgIpc) is 2.30. The fourth-order valence-electron chi connectivity index (χ4n) is 1.57. The quantitative estimate of drug-likeness (QED) is 0.619. The van der Waals surface area contributed by atoms with Gasteiger partial charge in [-0.25, -0.2) is 4.39 Å². The first kappa shape index (κ1) is 12.9. The molecule has 0 nitrogen and oxygen atoms in total. The van der Waals surface area contributed by atoms with Gasteiger partial charge in [0, 0.05) is 26.5 Å². The standard InChI is InChI=1S/C13H8BrCl2F/c14-7-8-1-4-13(17)11(5-8)10-3-2-9(15)6-12(10)16/h1-6H,7H2. The molecule has 0 heterocycles. The van der Waals surface area contributed by atoms with Crippen LogP contribution in [0.1, 0.15) is 5.56 Å². The zero-order valence-electron chi connectivity index (χ0n) is 8.68. The van der Waals surface area contributed by atoms with Crippen LogP contribution in [0.4, 0.5) is 4.39 Å². The molecule has 2 rings (SSSR count). The summed E-state index contributed by atoms with van der Waals surface area (Å²) in [6, 6.07) is 9.98. The second-order valence-corrected chi connectivity index (χ2v) is 4.98. The Morgan fingerprint density at radius 1 is 1.00 bits per heavy atom. The maximum absolute atomic E-state index is 13.8. The molecule has 0 aliphatic rings. The van der Waals surface area contributed by atoms with Gasteiger partial charge in [0.1, 0.15) is 5.82 Å². The zero-order chi connectivity index (χ0) is 12.4. The molecule has 0 saturated heterocycles. The predicted molar refractivity (Wildman–Crippen MR) is 74.5 cm³/mol. The number of benzene rings is 2. The third kappa shape index (κ3) is 2.82. The molecule has 0 atom stereocenters. The van der Waals surface area contributed by atoms with Crippen LogP contribution in [-0.4, -0.2) is 0 Å². The summed E-state index contributed by atoms with van der Waals surface area (Å²) in [5.41, 5.74) is 2.13. The van der Waals surface area contributed by atoms with E-state index >= 15 is 0 Å². The molecule has 0 spiro atoms. The van der Waals surface area contributed by atoms with Gasteiger partial charge in [-0.05, 0) is 29.8 Å². The molecule has 2 aromatic rings. The first-order chi connectivity index (χ1) is 8.11. The molecule has 2 aromatic carbocycles. The smallest absolute Gasteiger partial charge is 0.131 e. The number of halogens is 4. The molecular formula is C13H8BrCl2F. The van der Waals surface area contributed by atoms with Crippen molar-refractivity contribution in [3.05, 3.63) is 57.8 Å². The van der Waals surface area contributed by atoms with Crippen LogP contribution in [-0.2, 0) is 5.33 Å². The van der Waals surface area contributed by atoms with E-state index < -0.39 is 0 Å². The molecule has 0 radical (unpaired) electrons. The van der Waals surface area contributed by atoms with Gasteiger partial charge in [-0.2, -0.15) is 0 Å². The van der Waals surface area contributed by atoms with Crippen molar-refractivity contribution in [1.82, 2.24) is 0 Å². The van der Waals surface area contributed by atoms with E-state index in [1.54, 1.807) is 30.3 Å². The van der Waals surface area contributed by atoms with Crippen molar-refractivity contribution in [3.63, 3.8) is 0 Å². The second-order valence-electron chi connectivity index (χ2n) is 3.57. The summed E-state index contributed by atoms with van der Waals surface area (Å²) in [6.45, 7) is 0. The largest absolute Gasteiger partial charge is 0.206 e. The SMILES string of the molecule is Fc1ccc(CBr)cc1-c1ccc(Cl)cc1Cl. The Hall–Kier alpha value is -0.570. The first-order valence-corrected chi connectivity index (χ1v) is 6.79. The molecular weight excluding hydrogens is 326 g/mol. The van der Waals surface area contributed by atoms with Gasteiger partial charge in [0.05, 0.1) is 0 Å². The van der Waals surface area contributed by atoms with Gasteiger partial charge >= 0.3 is 0 Å². The molecule has 0 aromatic heterocycles. The van der Waals surface area contributed by atoms with E-state index in [1.165, 1.54) is 6.07 Å². The summed E-state index contributed by atoms with van der Waals surface area (Å²) in [5.74, 6) is -0.293. The van der Waals surface area contributed by atoms with Crippen LogP contribution in [0.2, 0.25) is 10.0 Å². The number of alkyl halides is 1. The lowest BCUT2D eigenvalue weighted by Crippen LogP contribution is -1.88. The predicted octanol–water partition coefficient (Wildman–Crippen LogP) is 5.69. The topological polar surface area (TPSA) is 0 Å². The highest BCUT2D eigenvalue weighted by Gasteiger charge is 2.10. The zero-order valence-corrected chi connectivity index (χ0v) is 11.8. The van der Waals surface area contributed by atoms with Gasteiger partial charge < -0.3 is 0 Å². The number of hydrogen-bond donors (Lipinski definition) is 0. The van der Waals surface area contributed by atoms with Gasteiger partial charge in [-0.3, -0.25) is 0 Å². The minimum Gasteiger partial charge on any atom is -0.206 e. The molecule has 0 aliphatic heterocycles. The lowest BCUT2D eigenvalue weighted by molar-refractivity contribution is 0.631. The van der Waals surface area contributed by atoms with Crippen LogP contribution >= 0.6 is 39.1 Å². The molecule has 0 fully saturated rings. The van der Waals surface area contributed by atoms with Crippen LogP contribution in [0.15, 0.2) is 36.4 Å². The second kappa shape index (κ2) is 5.38. The van der Waals surface area contributed by atoms with Crippen LogP contribution in [0.5, 0.6) is 0 Å². The van der Waals surface area contributed by atoms with Gasteiger partial charge in [0.15, 0.2) is 0 Å². The van der Waals surface area contributed by atoms with Gasteiger partial charge in [-0.1, -0.05) is 51.3 Å². The van der Waals surface area contributed by atoms with E-state index in [1.807, 2.05) is 0 Å². The summed E-state index contributed by atoms with van der Waals surface area (Å²) >= 11 is 15.2. The third-order valence-corrected chi connectivity index (χ3v) is 3.60. The van der Waals surface area contributed by atoms with Crippen molar-refractivity contribution in [3.8, 4) is 11.1 Å². The minimum absolute atomic E-state index is 0.293. The van der Waals surface area contributed by atoms with E-state index in [4.69, 9.17) is 23.2 Å². The van der Waals surface area contributed by atoms with Gasteiger partial charge in [-0.15, -0.1) is 0 Å². The van der Waals surface area contributed by atoms with Crippen LogP contribution in [0.3, 0.4) is 0 Å². The maximum Gasteiger partial charge on any atom is 0.131 e. The summed E-state index contributed by atoms with van der Waals surface area (Å²) in [5, 5.41) is 1.66. The fraction of sp³-hybridized carbons (Fsp3) is 0.0769. The lowest BCUT2D eigenvalue weighted by atomic mass is 10.0. The van der Waals surface area contributed by atoms with Crippen molar-refractivity contribution in [2.24, 2.45) is 0 Å². The summed E-state index contributed by atoms with van der Waals surface area (Å²) < 4.78 is 13.8. The highest BCUT2D eigenvalue weighted by Crippen LogP contribution is 2.32. The van der Waals surface area contributed by atoms with Crippen molar-refractivity contribution >= 4 is 39.1 Å². The maximum atomic E-state index is 13.8. The Morgan fingerprint density at radius 2 is 1.76 bits per heavy atom. The van der Waals surface area contributed by atoms with E-state index in [0.29, 0.717) is 26.5 Å². The molecule has 17 heavy (non-hydrogen) atoms. The molecule has 0 bridgehead atoms. The van der Waals surface area contributed by atoms with Crippen molar-refractivity contribution < 1.29 is 4.39 Å². The molecule has 0 aliphatic carbocycles. The molecule has 0 unspecified atom stereocenters. The molecule has 0 N–H and O–H groups in total. The Bertz CT molecular complexity index is 555. The van der Waals surface area contributed by atoms with Crippen molar-refractivity contribution in [2.45, 2.75) is 5.33 Å². The fourth-order valence-corrected chi connectivity index (χ4v) is 2.43. The monoisotopic (exact) mass is 332 g/mol. The number of hydrogen-bond acceptors (Lipinski definition) is 0. The van der Waals surface area contributed by atoms with E-state index in [-0.39, 0.29) is 5.82 Å². The van der Waals surface area contributed by atoms with E-state index in [9.17, 15) is 4.39 Å². The van der Waals surface area contributed by atoms with Crippen LogP contribution in [0, 0.1) is 5.82 Å². The lowest BCUT2D eigenvalue weighted by Gasteiger charge is -2.08. The Labute approximate surface area is 117 Å². The molecule has 0 amide bonds. The number of rotatable bonds is 2. The Kier molecular flexibility index (Phi) is 4.08. The third-order valence-electron chi connectivity index (χ3n) is 2.41. The van der Waals surface area contributed by atoms with E-state index in [0.717, 1.165) is 5.56 Å². The van der Waals surface area contributed by atoms with Gasteiger partial charge in [0.25, 0.3) is 0 Å². The summed E-state index contributed by atoms with van der Waals surface area (Å²) in [6.07, 6.45) is 0. The highest BCUT2D eigenvalue weighted by molar-refractivity contribution is 9.08. The molecule has 0 saturated carbocycles. The molecule has 88 valence electrons. The average molecular weight is 334 g/mol.